The largest absolute Gasteiger partial charge is 0.380 e. The van der Waals surface area contributed by atoms with E-state index in [9.17, 15) is 4.79 Å². The van der Waals surface area contributed by atoms with Crippen LogP contribution in [0.3, 0.4) is 0 Å². The van der Waals surface area contributed by atoms with Crippen molar-refractivity contribution in [1.82, 2.24) is 19.8 Å². The zero-order chi connectivity index (χ0) is 21.3. The van der Waals surface area contributed by atoms with Gasteiger partial charge in [0.1, 0.15) is 5.82 Å². The topological polar surface area (TPSA) is 59.4 Å². The molecule has 1 saturated heterocycles. The zero-order valence-electron chi connectivity index (χ0n) is 18.2. The number of aryl methyl sites for hydroxylation is 1. The predicted octanol–water partition coefficient (Wildman–Crippen LogP) is 3.69. The number of benzene rings is 2. The number of rotatable bonds is 6. The standard InChI is InChI=1S/C24H30N4O2/c1-16(2)27-12-11-20(14-27)26-24(29)18-9-10-22(19(13-18)15-30-4)28-17(3)25-21-7-5-6-8-23(21)28/h5-10,13,16,20H,11-12,14-15H2,1-4H3,(H,26,29). The van der Waals surface area contributed by atoms with Gasteiger partial charge in [-0.25, -0.2) is 4.98 Å². The highest BCUT2D eigenvalue weighted by Gasteiger charge is 2.26. The van der Waals surface area contributed by atoms with Crippen molar-refractivity contribution in [2.75, 3.05) is 20.2 Å². The van der Waals surface area contributed by atoms with Crippen LogP contribution in [0.1, 0.15) is 42.0 Å². The molecule has 1 aliphatic rings. The monoisotopic (exact) mass is 406 g/mol. The second-order valence-corrected chi connectivity index (χ2v) is 8.31. The Hall–Kier alpha value is -2.70. The van der Waals surface area contributed by atoms with Crippen LogP contribution in [0, 0.1) is 6.92 Å². The van der Waals surface area contributed by atoms with E-state index in [1.807, 2.05) is 43.3 Å². The van der Waals surface area contributed by atoms with Gasteiger partial charge in [-0.3, -0.25) is 14.3 Å². The van der Waals surface area contributed by atoms with Crippen LogP contribution in [0.15, 0.2) is 42.5 Å². The number of aromatic nitrogens is 2. The van der Waals surface area contributed by atoms with E-state index in [-0.39, 0.29) is 11.9 Å². The SMILES string of the molecule is COCc1cc(C(=O)NC2CCN(C(C)C)C2)ccc1-n1c(C)nc2ccccc21. The number of nitrogens with zero attached hydrogens (tertiary/aromatic N) is 3. The lowest BCUT2D eigenvalue weighted by molar-refractivity contribution is 0.0936. The highest BCUT2D eigenvalue weighted by molar-refractivity contribution is 5.95. The number of imidazole rings is 1. The van der Waals surface area contributed by atoms with E-state index in [1.165, 1.54) is 0 Å². The molecule has 1 N–H and O–H groups in total. The molecule has 6 nitrogen and oxygen atoms in total. The molecule has 0 saturated carbocycles. The second kappa shape index (κ2) is 8.58. The number of fused-ring (bicyclic) bond motifs is 1. The Balaban J connectivity index is 1.62. The third-order valence-corrected chi connectivity index (χ3v) is 5.90. The number of likely N-dealkylation sites (tertiary alicyclic amines) is 1. The highest BCUT2D eigenvalue weighted by atomic mass is 16.5. The molecule has 1 atom stereocenters. The Bertz CT molecular complexity index is 1060. The van der Waals surface area contributed by atoms with Crippen LogP contribution >= 0.6 is 0 Å². The summed E-state index contributed by atoms with van der Waals surface area (Å²) in [6, 6.07) is 14.6. The summed E-state index contributed by atoms with van der Waals surface area (Å²) in [7, 11) is 1.68. The molecule has 0 spiro atoms. The van der Waals surface area contributed by atoms with Gasteiger partial charge >= 0.3 is 0 Å². The summed E-state index contributed by atoms with van der Waals surface area (Å²) in [5.74, 6) is 0.882. The van der Waals surface area contributed by atoms with Gasteiger partial charge in [-0.2, -0.15) is 0 Å². The number of nitrogens with one attached hydrogen (secondary N) is 1. The minimum absolute atomic E-state index is 0.0262. The summed E-state index contributed by atoms with van der Waals surface area (Å²) in [5.41, 5.74) is 4.62. The Morgan fingerprint density at radius 2 is 2.07 bits per heavy atom. The van der Waals surface area contributed by atoms with Gasteiger partial charge in [-0.1, -0.05) is 12.1 Å². The molecule has 1 unspecified atom stereocenters. The van der Waals surface area contributed by atoms with Crippen LogP contribution in [-0.2, 0) is 11.3 Å². The molecule has 6 heteroatoms. The van der Waals surface area contributed by atoms with Crippen LogP contribution in [0.2, 0.25) is 0 Å². The maximum atomic E-state index is 12.9. The lowest BCUT2D eigenvalue weighted by atomic mass is 10.1. The molecular weight excluding hydrogens is 376 g/mol. The van der Waals surface area contributed by atoms with Gasteiger partial charge in [0.25, 0.3) is 5.91 Å². The minimum atomic E-state index is -0.0262. The van der Waals surface area contributed by atoms with Crippen molar-refractivity contribution in [1.29, 1.82) is 0 Å². The molecule has 0 aliphatic carbocycles. The maximum Gasteiger partial charge on any atom is 0.251 e. The average Bonchev–Trinajstić information content (AvgIpc) is 3.32. The van der Waals surface area contributed by atoms with E-state index >= 15 is 0 Å². The van der Waals surface area contributed by atoms with Crippen molar-refractivity contribution >= 4 is 16.9 Å². The summed E-state index contributed by atoms with van der Waals surface area (Å²) < 4.78 is 7.58. The van der Waals surface area contributed by atoms with E-state index in [4.69, 9.17) is 4.74 Å². The molecule has 158 valence electrons. The van der Waals surface area contributed by atoms with Gasteiger partial charge in [0.05, 0.1) is 23.3 Å². The molecule has 4 rings (SSSR count). The number of ether oxygens (including phenoxy) is 1. The Morgan fingerprint density at radius 3 is 2.80 bits per heavy atom. The molecule has 0 radical (unpaired) electrons. The van der Waals surface area contributed by atoms with Crippen molar-refractivity contribution < 1.29 is 9.53 Å². The fourth-order valence-electron chi connectivity index (χ4n) is 4.31. The first-order chi connectivity index (χ1) is 14.5. The van der Waals surface area contributed by atoms with Gasteiger partial charge in [-0.15, -0.1) is 0 Å². The van der Waals surface area contributed by atoms with Gasteiger partial charge in [-0.05, 0) is 57.5 Å². The van der Waals surface area contributed by atoms with E-state index < -0.39 is 0 Å². The third-order valence-electron chi connectivity index (χ3n) is 5.90. The van der Waals surface area contributed by atoms with Gasteiger partial charge in [0.2, 0.25) is 0 Å². The Kier molecular flexibility index (Phi) is 5.88. The number of methoxy groups -OCH3 is 1. The number of amides is 1. The summed E-state index contributed by atoms with van der Waals surface area (Å²) in [4.78, 5) is 20.0. The smallest absolute Gasteiger partial charge is 0.251 e. The summed E-state index contributed by atoms with van der Waals surface area (Å²) in [5, 5.41) is 3.20. The van der Waals surface area contributed by atoms with E-state index in [0.717, 1.165) is 47.6 Å². The van der Waals surface area contributed by atoms with Crippen molar-refractivity contribution in [3.63, 3.8) is 0 Å². The Labute approximate surface area is 177 Å². The van der Waals surface area contributed by atoms with Gasteiger partial charge in [0.15, 0.2) is 0 Å². The predicted molar refractivity (Wildman–Crippen MR) is 119 cm³/mol. The zero-order valence-corrected chi connectivity index (χ0v) is 18.2. The van der Waals surface area contributed by atoms with Gasteiger partial charge < -0.3 is 10.1 Å². The molecule has 1 aliphatic heterocycles. The molecule has 1 aromatic heterocycles. The van der Waals surface area contributed by atoms with Crippen molar-refractivity contribution in [3.05, 3.63) is 59.4 Å². The van der Waals surface area contributed by atoms with Gasteiger partial charge in [0, 0.05) is 43.4 Å². The van der Waals surface area contributed by atoms with Crippen LogP contribution in [0.5, 0.6) is 0 Å². The molecule has 3 aromatic rings. The molecular formula is C24H30N4O2. The van der Waals surface area contributed by atoms with Crippen LogP contribution < -0.4 is 5.32 Å². The fourth-order valence-corrected chi connectivity index (χ4v) is 4.31. The molecule has 30 heavy (non-hydrogen) atoms. The normalized spacial score (nSPS) is 17.2. The first-order valence-corrected chi connectivity index (χ1v) is 10.6. The van der Waals surface area contributed by atoms with E-state index in [0.29, 0.717) is 18.2 Å². The van der Waals surface area contributed by atoms with Crippen LogP contribution in [0.25, 0.3) is 16.7 Å². The maximum absolute atomic E-state index is 12.9. The molecule has 1 fully saturated rings. The summed E-state index contributed by atoms with van der Waals surface area (Å²) in [6.45, 7) is 8.75. The van der Waals surface area contributed by atoms with Crippen molar-refractivity contribution in [2.45, 2.75) is 45.9 Å². The number of carbonyl (C=O) groups excluding carboxylic acids is 1. The van der Waals surface area contributed by atoms with E-state index in [2.05, 4.69) is 39.7 Å². The lowest BCUT2D eigenvalue weighted by Gasteiger charge is -2.20. The number of hydrogen-bond donors (Lipinski definition) is 1. The Morgan fingerprint density at radius 1 is 1.27 bits per heavy atom. The number of para-hydroxylation sites is 2. The van der Waals surface area contributed by atoms with Crippen LogP contribution in [0.4, 0.5) is 0 Å². The van der Waals surface area contributed by atoms with Crippen molar-refractivity contribution in [3.8, 4) is 5.69 Å². The third kappa shape index (κ3) is 3.98. The first-order valence-electron chi connectivity index (χ1n) is 10.6. The molecule has 1 amide bonds. The van der Waals surface area contributed by atoms with Crippen LogP contribution in [-0.4, -0.2) is 52.6 Å². The molecule has 0 bridgehead atoms. The second-order valence-electron chi connectivity index (χ2n) is 8.31. The van der Waals surface area contributed by atoms with Crippen molar-refractivity contribution in [2.24, 2.45) is 0 Å². The summed E-state index contributed by atoms with van der Waals surface area (Å²) in [6.07, 6.45) is 0.993. The number of carbonyl (C=O) groups is 1. The molecule has 2 aromatic carbocycles. The lowest BCUT2D eigenvalue weighted by Crippen LogP contribution is -2.38. The van der Waals surface area contributed by atoms with E-state index in [1.54, 1.807) is 7.11 Å². The molecule has 2 heterocycles. The average molecular weight is 407 g/mol. The minimum Gasteiger partial charge on any atom is -0.380 e. The fraction of sp³-hybridized carbons (Fsp3) is 0.417. The quantitative estimate of drug-likeness (QED) is 0.678. The number of hydrogen-bond acceptors (Lipinski definition) is 4. The first kappa shape index (κ1) is 20.6. The highest BCUT2D eigenvalue weighted by Crippen LogP contribution is 2.25. The summed E-state index contributed by atoms with van der Waals surface area (Å²) >= 11 is 0.